The normalized spacial score (nSPS) is 18.0. The van der Waals surface area contributed by atoms with Crippen LogP contribution < -0.4 is 10.6 Å². The first kappa shape index (κ1) is 14.1. The molecule has 1 amide bonds. The summed E-state index contributed by atoms with van der Waals surface area (Å²) in [7, 11) is 0. The van der Waals surface area contributed by atoms with E-state index in [2.05, 4.69) is 41.8 Å². The Morgan fingerprint density at radius 3 is 2.58 bits per heavy atom. The topological polar surface area (TPSA) is 41.1 Å². The summed E-state index contributed by atoms with van der Waals surface area (Å²) in [4.78, 5) is 12.0. The first-order chi connectivity index (χ1) is 9.15. The van der Waals surface area contributed by atoms with Crippen LogP contribution >= 0.6 is 0 Å². The molecule has 0 spiro atoms. The molecule has 2 N–H and O–H groups in total. The second-order valence-electron chi connectivity index (χ2n) is 5.60. The Morgan fingerprint density at radius 1 is 1.32 bits per heavy atom. The van der Waals surface area contributed by atoms with E-state index >= 15 is 0 Å². The predicted molar refractivity (Wildman–Crippen MR) is 77.9 cm³/mol. The summed E-state index contributed by atoms with van der Waals surface area (Å²) in [6, 6.07) is 8.44. The smallest absolute Gasteiger partial charge is 0.220 e. The van der Waals surface area contributed by atoms with E-state index in [0.717, 1.165) is 25.9 Å². The molecule has 0 unspecified atom stereocenters. The molecule has 3 nitrogen and oxygen atoms in total. The molecule has 1 heterocycles. The maximum absolute atomic E-state index is 12.0. The van der Waals surface area contributed by atoms with Gasteiger partial charge in [-0.15, -0.1) is 0 Å². The average Bonchev–Trinajstić information content (AvgIpc) is 2.40. The zero-order valence-electron chi connectivity index (χ0n) is 11.9. The molecule has 0 aliphatic carbocycles. The molecule has 0 bridgehead atoms. The van der Waals surface area contributed by atoms with Crippen LogP contribution in [-0.4, -0.2) is 19.0 Å². The highest BCUT2D eigenvalue weighted by Gasteiger charge is 2.18. The summed E-state index contributed by atoms with van der Waals surface area (Å²) in [5, 5.41) is 6.43. The van der Waals surface area contributed by atoms with Crippen LogP contribution in [0.15, 0.2) is 24.3 Å². The number of amides is 1. The summed E-state index contributed by atoms with van der Waals surface area (Å²) in [6.07, 6.45) is 2.90. The minimum atomic E-state index is 0.0924. The number of nitrogens with one attached hydrogen (secondary N) is 2. The van der Waals surface area contributed by atoms with Gasteiger partial charge in [-0.2, -0.15) is 0 Å². The van der Waals surface area contributed by atoms with Crippen molar-refractivity contribution in [2.75, 3.05) is 13.1 Å². The van der Waals surface area contributed by atoms with Gasteiger partial charge in [-0.1, -0.05) is 29.8 Å². The number of piperidine rings is 1. The standard InChI is InChI=1S/C16H24N2O/c1-12-3-5-15(6-4-12)13(2)18-16(19)11-14-7-9-17-10-8-14/h3-6,13-14,17H,7-11H2,1-2H3,(H,18,19)/t13-/m1/s1. The van der Waals surface area contributed by atoms with Crippen molar-refractivity contribution in [1.82, 2.24) is 10.6 Å². The Balaban J connectivity index is 1.82. The van der Waals surface area contributed by atoms with Crippen molar-refractivity contribution in [2.24, 2.45) is 5.92 Å². The van der Waals surface area contributed by atoms with Gasteiger partial charge in [-0.3, -0.25) is 4.79 Å². The SMILES string of the molecule is Cc1ccc([C@@H](C)NC(=O)CC2CCNCC2)cc1. The molecule has 1 fully saturated rings. The predicted octanol–water partition coefficient (Wildman–Crippen LogP) is 2.56. The molecule has 0 saturated carbocycles. The Hall–Kier alpha value is -1.35. The largest absolute Gasteiger partial charge is 0.350 e. The number of hydrogen-bond acceptors (Lipinski definition) is 2. The molecule has 1 aliphatic heterocycles. The molecule has 1 saturated heterocycles. The minimum absolute atomic E-state index is 0.0924. The molecule has 0 radical (unpaired) electrons. The highest BCUT2D eigenvalue weighted by atomic mass is 16.1. The fourth-order valence-corrected chi connectivity index (χ4v) is 2.59. The summed E-state index contributed by atoms with van der Waals surface area (Å²) >= 11 is 0. The van der Waals surface area contributed by atoms with Crippen molar-refractivity contribution in [3.05, 3.63) is 35.4 Å². The molecule has 2 rings (SSSR count). The lowest BCUT2D eigenvalue weighted by atomic mass is 9.94. The van der Waals surface area contributed by atoms with E-state index in [1.165, 1.54) is 11.1 Å². The van der Waals surface area contributed by atoms with Gasteiger partial charge in [-0.25, -0.2) is 0 Å². The third-order valence-electron chi connectivity index (χ3n) is 3.89. The third-order valence-corrected chi connectivity index (χ3v) is 3.89. The minimum Gasteiger partial charge on any atom is -0.350 e. The lowest BCUT2D eigenvalue weighted by Gasteiger charge is -2.23. The Labute approximate surface area is 115 Å². The average molecular weight is 260 g/mol. The summed E-state index contributed by atoms with van der Waals surface area (Å²) in [5.74, 6) is 0.728. The molecule has 0 aromatic heterocycles. The monoisotopic (exact) mass is 260 g/mol. The number of hydrogen-bond donors (Lipinski definition) is 2. The van der Waals surface area contributed by atoms with Gasteiger partial charge in [0.05, 0.1) is 6.04 Å². The van der Waals surface area contributed by atoms with E-state index in [1.807, 2.05) is 6.92 Å². The van der Waals surface area contributed by atoms with E-state index in [4.69, 9.17) is 0 Å². The van der Waals surface area contributed by atoms with Crippen molar-refractivity contribution >= 4 is 5.91 Å². The lowest BCUT2D eigenvalue weighted by molar-refractivity contribution is -0.122. The van der Waals surface area contributed by atoms with Crippen molar-refractivity contribution in [1.29, 1.82) is 0 Å². The quantitative estimate of drug-likeness (QED) is 0.873. The number of carbonyl (C=O) groups is 1. The van der Waals surface area contributed by atoms with Crippen molar-refractivity contribution in [3.8, 4) is 0 Å². The van der Waals surface area contributed by atoms with Gasteiger partial charge in [0.2, 0.25) is 5.91 Å². The van der Waals surface area contributed by atoms with Crippen LogP contribution in [0.25, 0.3) is 0 Å². The number of benzene rings is 1. The van der Waals surface area contributed by atoms with Gasteiger partial charge in [-0.05, 0) is 51.3 Å². The zero-order chi connectivity index (χ0) is 13.7. The van der Waals surface area contributed by atoms with Crippen molar-refractivity contribution in [2.45, 2.75) is 39.2 Å². The van der Waals surface area contributed by atoms with Gasteiger partial charge >= 0.3 is 0 Å². The highest BCUT2D eigenvalue weighted by molar-refractivity contribution is 5.76. The fraction of sp³-hybridized carbons (Fsp3) is 0.562. The van der Waals surface area contributed by atoms with Crippen LogP contribution in [0.4, 0.5) is 0 Å². The van der Waals surface area contributed by atoms with Gasteiger partial charge in [0.15, 0.2) is 0 Å². The maximum Gasteiger partial charge on any atom is 0.220 e. The number of rotatable bonds is 4. The van der Waals surface area contributed by atoms with E-state index < -0.39 is 0 Å². The fourth-order valence-electron chi connectivity index (χ4n) is 2.59. The van der Waals surface area contributed by atoms with Crippen molar-refractivity contribution in [3.63, 3.8) is 0 Å². The number of carbonyl (C=O) groups excluding carboxylic acids is 1. The van der Waals surface area contributed by atoms with Gasteiger partial charge in [0, 0.05) is 6.42 Å². The Kier molecular flexibility index (Phi) is 4.97. The summed E-state index contributed by atoms with van der Waals surface area (Å²) in [5.41, 5.74) is 2.42. The molecule has 1 aromatic carbocycles. The number of aryl methyl sites for hydroxylation is 1. The van der Waals surface area contributed by atoms with Crippen LogP contribution in [-0.2, 0) is 4.79 Å². The van der Waals surface area contributed by atoms with Gasteiger partial charge in [0.25, 0.3) is 0 Å². The van der Waals surface area contributed by atoms with Crippen molar-refractivity contribution < 1.29 is 4.79 Å². The highest BCUT2D eigenvalue weighted by Crippen LogP contribution is 2.17. The van der Waals surface area contributed by atoms with Gasteiger partial charge < -0.3 is 10.6 Å². The van der Waals surface area contributed by atoms with Crippen LogP contribution in [0.5, 0.6) is 0 Å². The third kappa shape index (κ3) is 4.35. The molecule has 1 aliphatic rings. The molecule has 1 atom stereocenters. The van der Waals surface area contributed by atoms with E-state index in [-0.39, 0.29) is 11.9 Å². The zero-order valence-corrected chi connectivity index (χ0v) is 11.9. The molecule has 1 aromatic rings. The Morgan fingerprint density at radius 2 is 1.95 bits per heavy atom. The molecule has 3 heteroatoms. The maximum atomic E-state index is 12.0. The molecule has 19 heavy (non-hydrogen) atoms. The molecule has 104 valence electrons. The van der Waals surface area contributed by atoms with Gasteiger partial charge in [0.1, 0.15) is 0 Å². The summed E-state index contributed by atoms with van der Waals surface area (Å²) < 4.78 is 0. The van der Waals surface area contributed by atoms with Crippen LogP contribution in [0.1, 0.15) is 43.4 Å². The first-order valence-corrected chi connectivity index (χ1v) is 7.22. The van der Waals surface area contributed by atoms with Crippen LogP contribution in [0.2, 0.25) is 0 Å². The van der Waals surface area contributed by atoms with E-state index in [9.17, 15) is 4.79 Å². The van der Waals surface area contributed by atoms with Crippen LogP contribution in [0.3, 0.4) is 0 Å². The molecular weight excluding hydrogens is 236 g/mol. The summed E-state index contributed by atoms with van der Waals surface area (Å²) in [6.45, 7) is 6.21. The second kappa shape index (κ2) is 6.71. The van der Waals surface area contributed by atoms with Crippen LogP contribution in [0, 0.1) is 12.8 Å². The lowest BCUT2D eigenvalue weighted by Crippen LogP contribution is -2.33. The first-order valence-electron chi connectivity index (χ1n) is 7.22. The Bertz CT molecular complexity index is 407. The van der Waals surface area contributed by atoms with E-state index in [0.29, 0.717) is 12.3 Å². The molecular formula is C16H24N2O. The second-order valence-corrected chi connectivity index (χ2v) is 5.60. The van der Waals surface area contributed by atoms with E-state index in [1.54, 1.807) is 0 Å².